The highest BCUT2D eigenvalue weighted by Crippen LogP contribution is 2.21. The van der Waals surface area contributed by atoms with Crippen LogP contribution in [0, 0.1) is 20.8 Å². The minimum absolute atomic E-state index is 0.335. The normalized spacial score (nSPS) is 12.7. The number of hydrogen-bond donors (Lipinski definition) is 1. The van der Waals surface area contributed by atoms with Crippen LogP contribution >= 0.6 is 0 Å². The SMILES string of the molecule is CNC(CCc1c(C)nn(C)c1C)c1ccc(C)nc1. The van der Waals surface area contributed by atoms with Gasteiger partial charge < -0.3 is 5.32 Å². The van der Waals surface area contributed by atoms with Crippen molar-refractivity contribution >= 4 is 0 Å². The Hall–Kier alpha value is -1.68. The van der Waals surface area contributed by atoms with Gasteiger partial charge in [-0.25, -0.2) is 0 Å². The van der Waals surface area contributed by atoms with E-state index < -0.39 is 0 Å². The first-order valence-electron chi connectivity index (χ1n) is 7.11. The second-order valence-corrected chi connectivity index (χ2v) is 5.39. The van der Waals surface area contributed by atoms with Crippen LogP contribution in [-0.4, -0.2) is 21.8 Å². The average Bonchev–Trinajstić information content (AvgIpc) is 2.67. The van der Waals surface area contributed by atoms with Crippen LogP contribution in [0.4, 0.5) is 0 Å². The van der Waals surface area contributed by atoms with E-state index in [1.54, 1.807) is 0 Å². The Morgan fingerprint density at radius 2 is 2.00 bits per heavy atom. The number of hydrogen-bond acceptors (Lipinski definition) is 3. The summed E-state index contributed by atoms with van der Waals surface area (Å²) in [4.78, 5) is 4.39. The average molecular weight is 272 g/mol. The molecule has 0 aliphatic rings. The molecule has 108 valence electrons. The maximum absolute atomic E-state index is 4.48. The van der Waals surface area contributed by atoms with Crippen molar-refractivity contribution < 1.29 is 0 Å². The van der Waals surface area contributed by atoms with E-state index in [4.69, 9.17) is 0 Å². The van der Waals surface area contributed by atoms with Gasteiger partial charge in [0.1, 0.15) is 0 Å². The van der Waals surface area contributed by atoms with E-state index in [9.17, 15) is 0 Å². The lowest BCUT2D eigenvalue weighted by atomic mass is 9.99. The lowest BCUT2D eigenvalue weighted by Crippen LogP contribution is -2.17. The second-order valence-electron chi connectivity index (χ2n) is 5.39. The van der Waals surface area contributed by atoms with Crippen molar-refractivity contribution in [3.05, 3.63) is 46.5 Å². The van der Waals surface area contributed by atoms with Crippen LogP contribution in [-0.2, 0) is 13.5 Å². The third kappa shape index (κ3) is 3.07. The minimum Gasteiger partial charge on any atom is -0.313 e. The quantitative estimate of drug-likeness (QED) is 0.910. The molecule has 2 aromatic heterocycles. The van der Waals surface area contributed by atoms with Gasteiger partial charge >= 0.3 is 0 Å². The summed E-state index contributed by atoms with van der Waals surface area (Å²) in [6.45, 7) is 6.24. The molecular weight excluding hydrogens is 248 g/mol. The summed E-state index contributed by atoms with van der Waals surface area (Å²) in [6, 6.07) is 4.56. The van der Waals surface area contributed by atoms with Crippen molar-refractivity contribution in [3.8, 4) is 0 Å². The Kier molecular flexibility index (Phi) is 4.55. The van der Waals surface area contributed by atoms with Crippen LogP contribution in [0.1, 0.15) is 40.7 Å². The molecule has 0 saturated heterocycles. The fourth-order valence-corrected chi connectivity index (χ4v) is 2.63. The molecule has 0 amide bonds. The first-order chi connectivity index (χ1) is 9.52. The molecule has 4 heteroatoms. The minimum atomic E-state index is 0.335. The number of pyridine rings is 1. The van der Waals surface area contributed by atoms with Gasteiger partial charge in [-0.2, -0.15) is 5.10 Å². The molecule has 1 N–H and O–H groups in total. The van der Waals surface area contributed by atoms with Crippen molar-refractivity contribution in [2.24, 2.45) is 7.05 Å². The summed E-state index contributed by atoms with van der Waals surface area (Å²) in [5, 5.41) is 7.87. The van der Waals surface area contributed by atoms with Gasteiger partial charge in [0.25, 0.3) is 0 Å². The van der Waals surface area contributed by atoms with Gasteiger partial charge in [-0.15, -0.1) is 0 Å². The van der Waals surface area contributed by atoms with E-state index in [2.05, 4.69) is 41.4 Å². The Bertz CT molecular complexity index is 569. The number of nitrogens with zero attached hydrogens (tertiary/aromatic N) is 3. The first-order valence-corrected chi connectivity index (χ1v) is 7.11. The molecule has 0 saturated carbocycles. The molecule has 0 aromatic carbocycles. The van der Waals surface area contributed by atoms with Gasteiger partial charge in [0, 0.05) is 30.7 Å². The molecule has 1 atom stereocenters. The third-order valence-corrected chi connectivity index (χ3v) is 4.03. The molecule has 2 rings (SSSR count). The molecule has 0 aliphatic carbocycles. The maximum atomic E-state index is 4.48. The Morgan fingerprint density at radius 1 is 1.25 bits per heavy atom. The van der Waals surface area contributed by atoms with Gasteiger partial charge in [-0.05, 0) is 57.9 Å². The zero-order chi connectivity index (χ0) is 14.7. The fraction of sp³-hybridized carbons (Fsp3) is 0.500. The largest absolute Gasteiger partial charge is 0.313 e. The molecule has 2 heterocycles. The van der Waals surface area contributed by atoms with Crippen LogP contribution in [0.2, 0.25) is 0 Å². The van der Waals surface area contributed by atoms with Crippen molar-refractivity contribution in [1.29, 1.82) is 0 Å². The van der Waals surface area contributed by atoms with E-state index in [0.717, 1.165) is 24.2 Å². The van der Waals surface area contributed by atoms with Crippen LogP contribution < -0.4 is 5.32 Å². The first kappa shape index (κ1) is 14.7. The van der Waals surface area contributed by atoms with Crippen LogP contribution in [0.5, 0.6) is 0 Å². The molecule has 4 nitrogen and oxygen atoms in total. The van der Waals surface area contributed by atoms with Crippen molar-refractivity contribution in [2.75, 3.05) is 7.05 Å². The zero-order valence-electron chi connectivity index (χ0n) is 13.1. The fourth-order valence-electron chi connectivity index (χ4n) is 2.63. The lowest BCUT2D eigenvalue weighted by molar-refractivity contribution is 0.546. The topological polar surface area (TPSA) is 42.7 Å². The Balaban J connectivity index is 2.09. The van der Waals surface area contributed by atoms with Gasteiger partial charge in [-0.1, -0.05) is 6.07 Å². The van der Waals surface area contributed by atoms with Gasteiger partial charge in [0.15, 0.2) is 0 Å². The van der Waals surface area contributed by atoms with E-state index in [1.165, 1.54) is 16.8 Å². The molecular formula is C16H24N4. The molecule has 0 bridgehead atoms. The van der Waals surface area contributed by atoms with E-state index >= 15 is 0 Å². The van der Waals surface area contributed by atoms with E-state index in [1.807, 2.05) is 31.9 Å². The highest BCUT2D eigenvalue weighted by molar-refractivity contribution is 5.25. The van der Waals surface area contributed by atoms with Crippen LogP contribution in [0.15, 0.2) is 18.3 Å². The van der Waals surface area contributed by atoms with Crippen molar-refractivity contribution in [3.63, 3.8) is 0 Å². The predicted octanol–water partition coefficient (Wildman–Crippen LogP) is 2.63. The number of aromatic nitrogens is 3. The summed E-state index contributed by atoms with van der Waals surface area (Å²) < 4.78 is 1.96. The third-order valence-electron chi connectivity index (χ3n) is 4.03. The monoisotopic (exact) mass is 272 g/mol. The second kappa shape index (κ2) is 6.18. The van der Waals surface area contributed by atoms with E-state index in [-0.39, 0.29) is 0 Å². The molecule has 20 heavy (non-hydrogen) atoms. The summed E-state index contributed by atoms with van der Waals surface area (Å²) in [5.41, 5.74) is 6.08. The highest BCUT2D eigenvalue weighted by atomic mass is 15.3. The summed E-state index contributed by atoms with van der Waals surface area (Å²) in [6.07, 6.45) is 4.05. The lowest BCUT2D eigenvalue weighted by Gasteiger charge is -2.16. The highest BCUT2D eigenvalue weighted by Gasteiger charge is 2.14. The summed E-state index contributed by atoms with van der Waals surface area (Å²) in [5.74, 6) is 0. The van der Waals surface area contributed by atoms with E-state index in [0.29, 0.717) is 6.04 Å². The predicted molar refractivity (Wildman–Crippen MR) is 81.8 cm³/mol. The molecule has 0 aliphatic heterocycles. The number of aryl methyl sites for hydroxylation is 3. The molecule has 0 spiro atoms. The maximum Gasteiger partial charge on any atom is 0.0628 e. The Morgan fingerprint density at radius 3 is 2.50 bits per heavy atom. The van der Waals surface area contributed by atoms with Crippen molar-refractivity contribution in [2.45, 2.75) is 39.7 Å². The molecule has 0 fully saturated rings. The Labute approximate surface area is 121 Å². The molecule has 0 radical (unpaired) electrons. The smallest absolute Gasteiger partial charge is 0.0628 e. The van der Waals surface area contributed by atoms with Gasteiger partial charge in [0.2, 0.25) is 0 Å². The number of rotatable bonds is 5. The van der Waals surface area contributed by atoms with Gasteiger partial charge in [0.05, 0.1) is 5.69 Å². The van der Waals surface area contributed by atoms with Gasteiger partial charge in [-0.3, -0.25) is 9.67 Å². The van der Waals surface area contributed by atoms with Crippen LogP contribution in [0.3, 0.4) is 0 Å². The summed E-state index contributed by atoms with van der Waals surface area (Å²) >= 11 is 0. The van der Waals surface area contributed by atoms with Crippen LogP contribution in [0.25, 0.3) is 0 Å². The molecule has 2 aromatic rings. The zero-order valence-corrected chi connectivity index (χ0v) is 13.1. The summed E-state index contributed by atoms with van der Waals surface area (Å²) in [7, 11) is 4.01. The number of nitrogens with one attached hydrogen (secondary N) is 1. The van der Waals surface area contributed by atoms with Crippen molar-refractivity contribution in [1.82, 2.24) is 20.1 Å². The standard InChI is InChI=1S/C16H24N4/c1-11-6-7-14(10-18-11)16(17-4)9-8-15-12(2)19-20(5)13(15)3/h6-7,10,16-17H,8-9H2,1-5H3. The molecule has 1 unspecified atom stereocenters.